The minimum absolute atomic E-state index is 0.759. The molecule has 0 radical (unpaired) electrons. The number of hydrogen-bond donors (Lipinski definition) is 1. The van der Waals surface area contributed by atoms with E-state index in [-0.39, 0.29) is 0 Å². The van der Waals surface area contributed by atoms with E-state index in [2.05, 4.69) is 24.1 Å². The Morgan fingerprint density at radius 1 is 1.12 bits per heavy atom. The van der Waals surface area contributed by atoms with Crippen molar-refractivity contribution >= 4 is 0 Å². The lowest BCUT2D eigenvalue weighted by Gasteiger charge is -2.38. The summed E-state index contributed by atoms with van der Waals surface area (Å²) in [4.78, 5) is 2.72. The quantitative estimate of drug-likeness (QED) is 0.733. The van der Waals surface area contributed by atoms with Gasteiger partial charge < -0.3 is 10.2 Å². The third-order valence-corrected chi connectivity index (χ3v) is 4.30. The highest BCUT2D eigenvalue weighted by Crippen LogP contribution is 2.37. The lowest BCUT2D eigenvalue weighted by atomic mass is 9.89. The fraction of sp³-hybridized carbons (Fsp3) is 1.00. The number of hydrogen-bond acceptors (Lipinski definition) is 2. The zero-order valence-electron chi connectivity index (χ0n) is 11.8. The fourth-order valence-corrected chi connectivity index (χ4v) is 3.30. The van der Waals surface area contributed by atoms with Gasteiger partial charge in [0, 0.05) is 19.1 Å². The van der Waals surface area contributed by atoms with E-state index in [9.17, 15) is 0 Å². The molecule has 2 fully saturated rings. The van der Waals surface area contributed by atoms with Gasteiger partial charge in [-0.25, -0.2) is 0 Å². The molecule has 0 amide bonds. The molecule has 1 N–H and O–H groups in total. The van der Waals surface area contributed by atoms with Crippen LogP contribution in [0.15, 0.2) is 0 Å². The van der Waals surface area contributed by atoms with Gasteiger partial charge in [-0.3, -0.25) is 0 Å². The van der Waals surface area contributed by atoms with Crippen molar-refractivity contribution in [1.29, 1.82) is 0 Å². The van der Waals surface area contributed by atoms with Crippen molar-refractivity contribution in [3.05, 3.63) is 0 Å². The molecule has 1 heterocycles. The molecular formula is C15H30N2. The topological polar surface area (TPSA) is 15.3 Å². The van der Waals surface area contributed by atoms with E-state index >= 15 is 0 Å². The molecule has 2 unspecified atom stereocenters. The zero-order chi connectivity index (χ0) is 12.1. The van der Waals surface area contributed by atoms with E-state index in [0.717, 1.165) is 24.4 Å². The van der Waals surface area contributed by atoms with Crippen molar-refractivity contribution in [2.24, 2.45) is 11.8 Å². The Balaban J connectivity index is 1.79. The summed E-state index contributed by atoms with van der Waals surface area (Å²) >= 11 is 0. The van der Waals surface area contributed by atoms with Crippen LogP contribution in [0, 0.1) is 11.8 Å². The summed E-state index contributed by atoms with van der Waals surface area (Å²) in [6.45, 7) is 9.64. The van der Waals surface area contributed by atoms with Crippen LogP contribution in [0.2, 0.25) is 0 Å². The summed E-state index contributed by atoms with van der Waals surface area (Å²) in [6.07, 6.45) is 8.65. The predicted octanol–water partition coefficient (Wildman–Crippen LogP) is 2.89. The van der Waals surface area contributed by atoms with E-state index in [0.29, 0.717) is 0 Å². The van der Waals surface area contributed by atoms with Gasteiger partial charge in [0.15, 0.2) is 0 Å². The van der Waals surface area contributed by atoms with Crippen molar-refractivity contribution < 1.29 is 0 Å². The van der Waals surface area contributed by atoms with E-state index in [1.165, 1.54) is 58.2 Å². The Kier molecular flexibility index (Phi) is 5.30. The first-order valence-corrected chi connectivity index (χ1v) is 7.77. The first kappa shape index (κ1) is 13.4. The lowest BCUT2D eigenvalue weighted by Crippen LogP contribution is -2.49. The van der Waals surface area contributed by atoms with Gasteiger partial charge in [-0.1, -0.05) is 33.1 Å². The number of nitrogens with zero attached hydrogens (tertiary/aromatic N) is 1. The molecule has 2 atom stereocenters. The molecular weight excluding hydrogens is 208 g/mol. The van der Waals surface area contributed by atoms with Crippen molar-refractivity contribution in [2.75, 3.05) is 26.2 Å². The Morgan fingerprint density at radius 2 is 1.94 bits per heavy atom. The zero-order valence-corrected chi connectivity index (χ0v) is 11.8. The van der Waals surface area contributed by atoms with Crippen LogP contribution in [0.1, 0.15) is 52.4 Å². The molecule has 100 valence electrons. The van der Waals surface area contributed by atoms with E-state index in [1.807, 2.05) is 0 Å². The molecule has 0 spiro atoms. The molecule has 2 aliphatic rings. The smallest absolute Gasteiger partial charge is 0.0198 e. The maximum absolute atomic E-state index is 3.67. The molecule has 0 aromatic carbocycles. The largest absolute Gasteiger partial charge is 0.313 e. The van der Waals surface area contributed by atoms with Crippen LogP contribution in [0.4, 0.5) is 0 Å². The van der Waals surface area contributed by atoms with Gasteiger partial charge >= 0.3 is 0 Å². The first-order chi connectivity index (χ1) is 8.31. The maximum Gasteiger partial charge on any atom is 0.0198 e. The first-order valence-electron chi connectivity index (χ1n) is 7.77. The van der Waals surface area contributed by atoms with Gasteiger partial charge in [0.25, 0.3) is 0 Å². The number of unbranched alkanes of at least 4 members (excludes halogenated alkanes) is 1. The van der Waals surface area contributed by atoms with Crippen LogP contribution in [0.3, 0.4) is 0 Å². The van der Waals surface area contributed by atoms with E-state index in [4.69, 9.17) is 0 Å². The van der Waals surface area contributed by atoms with Gasteiger partial charge in [0.1, 0.15) is 0 Å². The van der Waals surface area contributed by atoms with E-state index in [1.54, 1.807) is 0 Å². The molecule has 0 aromatic rings. The second-order valence-corrected chi connectivity index (χ2v) is 6.15. The Hall–Kier alpha value is -0.0800. The molecule has 1 saturated carbocycles. The average molecular weight is 238 g/mol. The molecule has 1 aliphatic carbocycles. The highest BCUT2D eigenvalue weighted by atomic mass is 15.2. The second kappa shape index (κ2) is 6.75. The summed E-state index contributed by atoms with van der Waals surface area (Å²) in [6, 6.07) is 0.759. The van der Waals surface area contributed by atoms with Gasteiger partial charge in [-0.15, -0.1) is 0 Å². The molecule has 1 aliphatic heterocycles. The second-order valence-electron chi connectivity index (χ2n) is 6.15. The van der Waals surface area contributed by atoms with Crippen LogP contribution >= 0.6 is 0 Å². The molecule has 0 bridgehead atoms. The minimum Gasteiger partial charge on any atom is -0.313 e. The summed E-state index contributed by atoms with van der Waals surface area (Å²) in [5, 5.41) is 3.67. The SMILES string of the molecule is CCCCN1CC(CC2CC2)CC(NCC)C1. The highest BCUT2D eigenvalue weighted by molar-refractivity contribution is 4.86. The van der Waals surface area contributed by atoms with Crippen LogP contribution in [0.5, 0.6) is 0 Å². The Bertz CT molecular complexity index is 213. The maximum atomic E-state index is 3.67. The van der Waals surface area contributed by atoms with Crippen molar-refractivity contribution in [3.63, 3.8) is 0 Å². The van der Waals surface area contributed by atoms with Crippen LogP contribution < -0.4 is 5.32 Å². The third-order valence-electron chi connectivity index (χ3n) is 4.30. The van der Waals surface area contributed by atoms with Gasteiger partial charge in [-0.05, 0) is 44.2 Å². The minimum atomic E-state index is 0.759. The summed E-state index contributed by atoms with van der Waals surface area (Å²) < 4.78 is 0. The molecule has 17 heavy (non-hydrogen) atoms. The number of likely N-dealkylation sites (N-methyl/N-ethyl adjacent to an activating group) is 1. The molecule has 2 nitrogen and oxygen atoms in total. The van der Waals surface area contributed by atoms with Crippen molar-refractivity contribution in [3.8, 4) is 0 Å². The third kappa shape index (κ3) is 4.59. The molecule has 1 saturated heterocycles. The van der Waals surface area contributed by atoms with Crippen LogP contribution in [-0.4, -0.2) is 37.1 Å². The number of likely N-dealkylation sites (tertiary alicyclic amines) is 1. The van der Waals surface area contributed by atoms with Crippen molar-refractivity contribution in [2.45, 2.75) is 58.4 Å². The number of rotatable bonds is 7. The molecule has 2 rings (SSSR count). The lowest BCUT2D eigenvalue weighted by molar-refractivity contribution is 0.132. The highest BCUT2D eigenvalue weighted by Gasteiger charge is 2.31. The van der Waals surface area contributed by atoms with Crippen LogP contribution in [-0.2, 0) is 0 Å². The van der Waals surface area contributed by atoms with Gasteiger partial charge in [0.05, 0.1) is 0 Å². The van der Waals surface area contributed by atoms with Crippen LogP contribution in [0.25, 0.3) is 0 Å². The standard InChI is InChI=1S/C15H30N2/c1-3-5-8-17-11-14(9-13-6-7-13)10-15(12-17)16-4-2/h13-16H,3-12H2,1-2H3. The number of piperidine rings is 1. The Labute approximate surface area is 107 Å². The van der Waals surface area contributed by atoms with Gasteiger partial charge in [-0.2, -0.15) is 0 Å². The van der Waals surface area contributed by atoms with Crippen molar-refractivity contribution in [1.82, 2.24) is 10.2 Å². The van der Waals surface area contributed by atoms with E-state index < -0.39 is 0 Å². The fourth-order valence-electron chi connectivity index (χ4n) is 3.30. The molecule has 0 aromatic heterocycles. The Morgan fingerprint density at radius 3 is 2.59 bits per heavy atom. The van der Waals surface area contributed by atoms with Gasteiger partial charge in [0.2, 0.25) is 0 Å². The average Bonchev–Trinajstić information content (AvgIpc) is 3.10. The summed E-state index contributed by atoms with van der Waals surface area (Å²) in [5.41, 5.74) is 0. The monoisotopic (exact) mass is 238 g/mol. The summed E-state index contributed by atoms with van der Waals surface area (Å²) in [5.74, 6) is 2.06. The summed E-state index contributed by atoms with van der Waals surface area (Å²) in [7, 11) is 0. The molecule has 2 heteroatoms. The normalized spacial score (nSPS) is 30.7. The number of nitrogens with one attached hydrogen (secondary N) is 1. The predicted molar refractivity (Wildman–Crippen MR) is 74.3 cm³/mol.